The minimum atomic E-state index is -0.480. The fourth-order valence-corrected chi connectivity index (χ4v) is 4.51. The Kier molecular flexibility index (Phi) is 5.78. The van der Waals surface area contributed by atoms with Gasteiger partial charge in [0.2, 0.25) is 5.91 Å². The second-order valence-electron chi connectivity index (χ2n) is 8.60. The summed E-state index contributed by atoms with van der Waals surface area (Å²) in [5, 5.41) is 2.65. The van der Waals surface area contributed by atoms with Gasteiger partial charge in [-0.3, -0.25) is 4.79 Å². The molecule has 0 aromatic heterocycles. The second kappa shape index (κ2) is 7.91. The number of ether oxygens (including phenoxy) is 1. The van der Waals surface area contributed by atoms with Crippen molar-refractivity contribution in [1.29, 1.82) is 0 Å². The number of nitrogens with zero attached hydrogens (tertiary/aromatic N) is 1. The molecule has 1 aliphatic carbocycles. The highest BCUT2D eigenvalue weighted by molar-refractivity contribution is 5.80. The quantitative estimate of drug-likeness (QED) is 0.824. The Labute approximate surface area is 162 Å². The minimum absolute atomic E-state index is 0.157. The summed E-state index contributed by atoms with van der Waals surface area (Å²) in [6, 6.07) is 8.98. The maximum absolute atomic E-state index is 12.7. The van der Waals surface area contributed by atoms with Crippen molar-refractivity contribution in [2.24, 2.45) is 11.3 Å². The molecule has 1 aromatic rings. The number of benzene rings is 1. The van der Waals surface area contributed by atoms with E-state index >= 15 is 0 Å². The third-order valence-corrected chi connectivity index (χ3v) is 6.29. The van der Waals surface area contributed by atoms with Gasteiger partial charge in [-0.2, -0.15) is 0 Å². The number of hydrogen-bond donors (Lipinski definition) is 1. The minimum Gasteiger partial charge on any atom is -0.453 e. The Morgan fingerprint density at radius 1 is 1.30 bits per heavy atom. The highest BCUT2D eigenvalue weighted by Gasteiger charge is 2.54. The number of carbonyl (C=O) groups is 2. The SMILES string of the molecule is CCC(CNC(=O)OC)C(=O)N1CC2(CC(c3cccc(C(C)C)c3)C2)C1. The smallest absolute Gasteiger partial charge is 0.406 e. The first-order valence-corrected chi connectivity index (χ1v) is 10.1. The number of nitrogens with one attached hydrogen (secondary N) is 1. The van der Waals surface area contributed by atoms with E-state index in [0.29, 0.717) is 23.8 Å². The highest BCUT2D eigenvalue weighted by Crippen LogP contribution is 2.56. The number of likely N-dealkylation sites (tertiary alicyclic amines) is 1. The number of hydrogen-bond acceptors (Lipinski definition) is 3. The van der Waals surface area contributed by atoms with Gasteiger partial charge in [-0.05, 0) is 42.2 Å². The molecule has 0 radical (unpaired) electrons. The molecular formula is C22H32N2O3. The Hall–Kier alpha value is -2.04. The van der Waals surface area contributed by atoms with Crippen LogP contribution >= 0.6 is 0 Å². The summed E-state index contributed by atoms with van der Waals surface area (Å²) >= 11 is 0. The third kappa shape index (κ3) is 4.12. The zero-order valence-electron chi connectivity index (χ0n) is 17.0. The number of rotatable bonds is 6. The van der Waals surface area contributed by atoms with Crippen LogP contribution in [0.25, 0.3) is 0 Å². The van der Waals surface area contributed by atoms with Crippen LogP contribution in [0.4, 0.5) is 4.79 Å². The number of alkyl carbamates (subject to hydrolysis) is 1. The van der Waals surface area contributed by atoms with Crippen molar-refractivity contribution >= 4 is 12.0 Å². The molecule has 1 aromatic carbocycles. The number of methoxy groups -OCH3 is 1. The van der Waals surface area contributed by atoms with Crippen molar-refractivity contribution in [3.8, 4) is 0 Å². The molecular weight excluding hydrogens is 340 g/mol. The summed E-state index contributed by atoms with van der Waals surface area (Å²) in [6.45, 7) is 8.52. The molecule has 3 rings (SSSR count). The summed E-state index contributed by atoms with van der Waals surface area (Å²) < 4.78 is 4.59. The van der Waals surface area contributed by atoms with Crippen molar-refractivity contribution < 1.29 is 14.3 Å². The predicted molar refractivity (Wildman–Crippen MR) is 106 cm³/mol. The molecule has 5 nitrogen and oxygen atoms in total. The molecule has 1 N–H and O–H groups in total. The molecule has 1 aliphatic heterocycles. The van der Waals surface area contributed by atoms with E-state index < -0.39 is 6.09 Å². The van der Waals surface area contributed by atoms with E-state index in [2.05, 4.69) is 48.2 Å². The van der Waals surface area contributed by atoms with Crippen molar-refractivity contribution in [3.05, 3.63) is 35.4 Å². The van der Waals surface area contributed by atoms with Crippen LogP contribution in [0.2, 0.25) is 0 Å². The number of amides is 2. The van der Waals surface area contributed by atoms with Crippen LogP contribution in [0.3, 0.4) is 0 Å². The van der Waals surface area contributed by atoms with Crippen LogP contribution in [0.1, 0.15) is 63.0 Å². The molecule has 1 atom stereocenters. The predicted octanol–water partition coefficient (Wildman–Crippen LogP) is 3.90. The molecule has 0 bridgehead atoms. The summed E-state index contributed by atoms with van der Waals surface area (Å²) in [5.41, 5.74) is 3.18. The van der Waals surface area contributed by atoms with Gasteiger partial charge in [-0.15, -0.1) is 0 Å². The van der Waals surface area contributed by atoms with Gasteiger partial charge in [0.05, 0.1) is 13.0 Å². The summed E-state index contributed by atoms with van der Waals surface area (Å²) in [4.78, 5) is 25.9. The fourth-order valence-electron chi connectivity index (χ4n) is 4.51. The zero-order chi connectivity index (χ0) is 19.6. The molecule has 148 valence electrons. The molecule has 27 heavy (non-hydrogen) atoms. The second-order valence-corrected chi connectivity index (χ2v) is 8.60. The summed E-state index contributed by atoms with van der Waals surface area (Å²) in [7, 11) is 1.33. The molecule has 5 heteroatoms. The van der Waals surface area contributed by atoms with E-state index in [1.165, 1.54) is 31.1 Å². The van der Waals surface area contributed by atoms with Crippen molar-refractivity contribution in [1.82, 2.24) is 10.2 Å². The first-order chi connectivity index (χ1) is 12.9. The highest BCUT2D eigenvalue weighted by atomic mass is 16.5. The lowest BCUT2D eigenvalue weighted by atomic mass is 9.56. The Morgan fingerprint density at radius 3 is 2.59 bits per heavy atom. The van der Waals surface area contributed by atoms with Crippen molar-refractivity contribution in [2.45, 2.75) is 51.9 Å². The zero-order valence-corrected chi connectivity index (χ0v) is 17.0. The van der Waals surface area contributed by atoms with Crippen LogP contribution in [-0.4, -0.2) is 43.6 Å². The maximum atomic E-state index is 12.7. The standard InChI is InChI=1S/C22H32N2O3/c1-5-16(12-23-21(26)27-4)20(25)24-13-22(14-24)10-19(11-22)18-8-6-7-17(9-18)15(2)3/h6-9,15-16,19H,5,10-14H2,1-4H3,(H,23,26). The first kappa shape index (κ1) is 19.7. The number of carbonyl (C=O) groups excluding carboxylic acids is 2. The fraction of sp³-hybridized carbons (Fsp3) is 0.636. The molecule has 2 aliphatic rings. The van der Waals surface area contributed by atoms with Crippen molar-refractivity contribution in [3.63, 3.8) is 0 Å². The molecule has 1 heterocycles. The Balaban J connectivity index is 1.49. The molecule has 1 unspecified atom stereocenters. The van der Waals surface area contributed by atoms with Gasteiger partial charge in [0.15, 0.2) is 0 Å². The average molecular weight is 373 g/mol. The average Bonchev–Trinajstić information content (AvgIpc) is 2.59. The molecule has 1 saturated carbocycles. The molecule has 2 fully saturated rings. The third-order valence-electron chi connectivity index (χ3n) is 6.29. The van der Waals surface area contributed by atoms with E-state index in [1.54, 1.807) is 0 Å². The van der Waals surface area contributed by atoms with Gasteiger partial charge >= 0.3 is 6.09 Å². The van der Waals surface area contributed by atoms with Crippen LogP contribution in [0, 0.1) is 11.3 Å². The van der Waals surface area contributed by atoms with Crippen LogP contribution < -0.4 is 5.32 Å². The van der Waals surface area contributed by atoms with Gasteiger partial charge in [-0.1, -0.05) is 45.0 Å². The van der Waals surface area contributed by atoms with E-state index in [-0.39, 0.29) is 11.8 Å². The lowest BCUT2D eigenvalue weighted by Gasteiger charge is -2.59. The van der Waals surface area contributed by atoms with E-state index in [9.17, 15) is 9.59 Å². The monoisotopic (exact) mass is 372 g/mol. The van der Waals surface area contributed by atoms with Crippen molar-refractivity contribution in [2.75, 3.05) is 26.7 Å². The lowest BCUT2D eigenvalue weighted by molar-refractivity contribution is -0.155. The molecule has 1 spiro atoms. The van der Waals surface area contributed by atoms with Gasteiger partial charge < -0.3 is 15.0 Å². The lowest BCUT2D eigenvalue weighted by Crippen LogP contribution is -2.64. The van der Waals surface area contributed by atoms with Gasteiger partial charge in [0.1, 0.15) is 0 Å². The van der Waals surface area contributed by atoms with Gasteiger partial charge in [0.25, 0.3) is 0 Å². The maximum Gasteiger partial charge on any atom is 0.406 e. The normalized spacial score (nSPS) is 19.4. The summed E-state index contributed by atoms with van der Waals surface area (Å²) in [5.74, 6) is 1.18. The molecule has 2 amide bonds. The Bertz CT molecular complexity index is 687. The van der Waals surface area contributed by atoms with Crippen LogP contribution in [0.15, 0.2) is 24.3 Å². The van der Waals surface area contributed by atoms with E-state index in [0.717, 1.165) is 19.5 Å². The van der Waals surface area contributed by atoms with Gasteiger partial charge in [0, 0.05) is 25.0 Å². The topological polar surface area (TPSA) is 58.6 Å². The summed E-state index contributed by atoms with van der Waals surface area (Å²) in [6.07, 6.45) is 2.59. The van der Waals surface area contributed by atoms with Crippen LogP contribution in [-0.2, 0) is 9.53 Å². The van der Waals surface area contributed by atoms with E-state index in [4.69, 9.17) is 0 Å². The molecule has 1 saturated heterocycles. The van der Waals surface area contributed by atoms with Crippen LogP contribution in [0.5, 0.6) is 0 Å². The first-order valence-electron chi connectivity index (χ1n) is 10.1. The Morgan fingerprint density at radius 2 is 2.00 bits per heavy atom. The van der Waals surface area contributed by atoms with Gasteiger partial charge in [-0.25, -0.2) is 4.79 Å². The largest absolute Gasteiger partial charge is 0.453 e. The van der Waals surface area contributed by atoms with E-state index in [1.807, 2.05) is 11.8 Å².